The fraction of sp³-hybridized carbons (Fsp3) is 0.250. The van der Waals surface area contributed by atoms with Crippen molar-refractivity contribution < 1.29 is 23.9 Å². The second-order valence-electron chi connectivity index (χ2n) is 3.47. The summed E-state index contributed by atoms with van der Waals surface area (Å²) in [6, 6.07) is 6.02. The van der Waals surface area contributed by atoms with Gasteiger partial charge in [-0.25, -0.2) is 9.59 Å². The Morgan fingerprint density at radius 1 is 1.16 bits per heavy atom. The first-order valence-corrected chi connectivity index (χ1v) is 5.52. The van der Waals surface area contributed by atoms with Gasteiger partial charge in [-0.15, -0.1) is 0 Å². The number of carbonyl (C=O) groups is 3. The summed E-state index contributed by atoms with van der Waals surface area (Å²) in [6.45, 7) is 1.18. The Kier molecular flexibility index (Phi) is 5.34. The maximum atomic E-state index is 11.5. The predicted octanol–water partition coefficient (Wildman–Crippen LogP) is 0.698. The molecule has 1 rings (SSSR count). The summed E-state index contributed by atoms with van der Waals surface area (Å²) in [5.41, 5.74) is 6.24. The number of nitrogen functional groups attached to an aromatic ring is 1. The number of carbonyl (C=O) groups excluding carboxylic acids is 3. The van der Waals surface area contributed by atoms with Crippen molar-refractivity contribution in [1.29, 1.82) is 0 Å². The Morgan fingerprint density at radius 3 is 2.37 bits per heavy atom. The summed E-state index contributed by atoms with van der Waals surface area (Å²) in [7, 11) is 0. The first-order chi connectivity index (χ1) is 9.02. The highest BCUT2D eigenvalue weighted by Gasteiger charge is 2.12. The van der Waals surface area contributed by atoms with Crippen LogP contribution in [0.3, 0.4) is 0 Å². The molecular formula is C12H14N2O5. The van der Waals surface area contributed by atoms with Crippen molar-refractivity contribution >= 4 is 23.7 Å². The molecule has 0 unspecified atom stereocenters. The van der Waals surface area contributed by atoms with Crippen LogP contribution < -0.4 is 11.1 Å². The quantitative estimate of drug-likeness (QED) is 0.613. The summed E-state index contributed by atoms with van der Waals surface area (Å²) in [5.74, 6) is -1.44. The molecule has 3 N–H and O–H groups in total. The van der Waals surface area contributed by atoms with E-state index in [1.165, 1.54) is 24.3 Å². The van der Waals surface area contributed by atoms with Crippen LogP contribution in [0.5, 0.6) is 0 Å². The fourth-order valence-corrected chi connectivity index (χ4v) is 1.15. The highest BCUT2D eigenvalue weighted by Crippen LogP contribution is 2.06. The lowest BCUT2D eigenvalue weighted by Gasteiger charge is -2.05. The average molecular weight is 266 g/mol. The molecule has 7 heteroatoms. The van der Waals surface area contributed by atoms with Gasteiger partial charge in [0.2, 0.25) is 0 Å². The Balaban J connectivity index is 2.40. The molecule has 0 aliphatic rings. The first-order valence-electron chi connectivity index (χ1n) is 5.52. The van der Waals surface area contributed by atoms with Gasteiger partial charge in [0.1, 0.15) is 0 Å². The van der Waals surface area contributed by atoms with E-state index in [-0.39, 0.29) is 12.2 Å². The van der Waals surface area contributed by atoms with Gasteiger partial charge in [0, 0.05) is 5.69 Å². The maximum Gasteiger partial charge on any atom is 0.413 e. The lowest BCUT2D eigenvalue weighted by atomic mass is 10.2. The molecule has 2 amide bonds. The molecule has 1 aromatic carbocycles. The highest BCUT2D eigenvalue weighted by atomic mass is 16.6. The minimum absolute atomic E-state index is 0.143. The van der Waals surface area contributed by atoms with E-state index in [4.69, 9.17) is 10.5 Å². The van der Waals surface area contributed by atoms with Crippen molar-refractivity contribution in [2.24, 2.45) is 0 Å². The number of hydrogen-bond donors (Lipinski definition) is 2. The molecule has 19 heavy (non-hydrogen) atoms. The molecule has 102 valence electrons. The molecule has 0 heterocycles. The van der Waals surface area contributed by atoms with Crippen LogP contribution >= 0.6 is 0 Å². The number of rotatable bonds is 4. The van der Waals surface area contributed by atoms with Gasteiger partial charge >= 0.3 is 12.1 Å². The molecule has 0 bridgehead atoms. The molecule has 0 saturated carbocycles. The number of hydrogen-bond acceptors (Lipinski definition) is 6. The van der Waals surface area contributed by atoms with Crippen LogP contribution in [0, 0.1) is 0 Å². The number of alkyl carbamates (subject to hydrolysis) is 1. The van der Waals surface area contributed by atoms with E-state index in [1.54, 1.807) is 6.92 Å². The van der Waals surface area contributed by atoms with Gasteiger partial charge in [-0.1, -0.05) is 0 Å². The number of nitrogens with one attached hydrogen (secondary N) is 1. The maximum absolute atomic E-state index is 11.5. The molecule has 0 radical (unpaired) electrons. The number of anilines is 1. The molecular weight excluding hydrogens is 252 g/mol. The van der Waals surface area contributed by atoms with Crippen molar-refractivity contribution in [3.05, 3.63) is 29.8 Å². The number of nitrogens with two attached hydrogens (primary N) is 1. The van der Waals surface area contributed by atoms with Crippen LogP contribution in [0.25, 0.3) is 0 Å². The zero-order valence-corrected chi connectivity index (χ0v) is 10.3. The Morgan fingerprint density at radius 2 is 1.79 bits per heavy atom. The van der Waals surface area contributed by atoms with Gasteiger partial charge in [-0.3, -0.25) is 10.1 Å². The summed E-state index contributed by atoms with van der Waals surface area (Å²) < 4.78 is 9.20. The molecule has 0 fully saturated rings. The third-order valence-corrected chi connectivity index (χ3v) is 2.00. The van der Waals surface area contributed by atoms with Crippen molar-refractivity contribution in [1.82, 2.24) is 5.32 Å². The normalized spacial score (nSPS) is 9.53. The molecule has 0 saturated heterocycles. The number of ether oxygens (including phenoxy) is 2. The van der Waals surface area contributed by atoms with Crippen molar-refractivity contribution in [2.75, 3.05) is 18.9 Å². The number of esters is 1. The van der Waals surface area contributed by atoms with Crippen LogP contribution in [-0.2, 0) is 14.3 Å². The van der Waals surface area contributed by atoms with E-state index in [9.17, 15) is 14.4 Å². The molecule has 0 aliphatic heterocycles. The van der Waals surface area contributed by atoms with Gasteiger partial charge in [0.05, 0.1) is 12.2 Å². The van der Waals surface area contributed by atoms with Gasteiger partial charge in [-0.2, -0.15) is 0 Å². The first kappa shape index (κ1) is 14.5. The fourth-order valence-electron chi connectivity index (χ4n) is 1.15. The van der Waals surface area contributed by atoms with E-state index in [2.05, 4.69) is 4.74 Å². The molecule has 0 atom stereocenters. The van der Waals surface area contributed by atoms with Crippen molar-refractivity contribution in [2.45, 2.75) is 6.92 Å². The summed E-state index contributed by atoms with van der Waals surface area (Å²) in [5, 5.41) is 1.90. The van der Waals surface area contributed by atoms with Crippen molar-refractivity contribution in [3.63, 3.8) is 0 Å². The van der Waals surface area contributed by atoms with Crippen molar-refractivity contribution in [3.8, 4) is 0 Å². The Labute approximate surface area is 109 Å². The zero-order valence-electron chi connectivity index (χ0n) is 10.3. The van der Waals surface area contributed by atoms with E-state index < -0.39 is 24.6 Å². The van der Waals surface area contributed by atoms with Crippen LogP contribution in [0.2, 0.25) is 0 Å². The van der Waals surface area contributed by atoms with Gasteiger partial charge in [0.25, 0.3) is 5.91 Å². The predicted molar refractivity (Wildman–Crippen MR) is 66.3 cm³/mol. The third-order valence-electron chi connectivity index (χ3n) is 2.00. The number of imide groups is 1. The lowest BCUT2D eigenvalue weighted by molar-refractivity contribution is -0.123. The van der Waals surface area contributed by atoms with Crippen LogP contribution in [0.4, 0.5) is 10.5 Å². The van der Waals surface area contributed by atoms with E-state index in [1.807, 2.05) is 5.32 Å². The van der Waals surface area contributed by atoms with Gasteiger partial charge in [0.15, 0.2) is 6.61 Å². The Bertz CT molecular complexity index is 470. The van der Waals surface area contributed by atoms with Crippen LogP contribution in [0.1, 0.15) is 17.3 Å². The van der Waals surface area contributed by atoms with E-state index in [0.717, 1.165) is 0 Å². The molecule has 1 aromatic rings. The average Bonchev–Trinajstić information content (AvgIpc) is 2.37. The second-order valence-corrected chi connectivity index (χ2v) is 3.47. The number of amides is 2. The molecule has 0 spiro atoms. The summed E-state index contributed by atoms with van der Waals surface area (Å²) in [6.07, 6.45) is -0.879. The minimum atomic E-state index is -0.879. The minimum Gasteiger partial charge on any atom is -0.452 e. The molecule has 0 aliphatic carbocycles. The monoisotopic (exact) mass is 266 g/mol. The van der Waals surface area contributed by atoms with Crippen LogP contribution in [-0.4, -0.2) is 31.2 Å². The zero-order chi connectivity index (χ0) is 14.3. The second kappa shape index (κ2) is 7.00. The van der Waals surface area contributed by atoms with E-state index in [0.29, 0.717) is 5.69 Å². The smallest absolute Gasteiger partial charge is 0.413 e. The standard InChI is InChI=1S/C12H14N2O5/c1-2-18-12(17)14-10(15)7-19-11(16)8-3-5-9(13)6-4-8/h3-6H,2,7,13H2,1H3,(H,14,15,17). The summed E-state index contributed by atoms with van der Waals surface area (Å²) in [4.78, 5) is 33.6. The third kappa shape index (κ3) is 5.07. The van der Waals surface area contributed by atoms with Gasteiger partial charge in [-0.05, 0) is 31.2 Å². The molecule has 7 nitrogen and oxygen atoms in total. The number of benzene rings is 1. The van der Waals surface area contributed by atoms with Crippen LogP contribution in [0.15, 0.2) is 24.3 Å². The van der Waals surface area contributed by atoms with E-state index >= 15 is 0 Å². The topological polar surface area (TPSA) is 108 Å². The highest BCUT2D eigenvalue weighted by molar-refractivity contribution is 5.95. The molecule has 0 aromatic heterocycles. The lowest BCUT2D eigenvalue weighted by Crippen LogP contribution is -2.34. The summed E-state index contributed by atoms with van der Waals surface area (Å²) >= 11 is 0. The SMILES string of the molecule is CCOC(=O)NC(=O)COC(=O)c1ccc(N)cc1. The largest absolute Gasteiger partial charge is 0.452 e. The van der Waals surface area contributed by atoms with Gasteiger partial charge < -0.3 is 15.2 Å². The Hall–Kier alpha value is -2.57.